The van der Waals surface area contributed by atoms with Crippen molar-refractivity contribution < 1.29 is 18.0 Å². The van der Waals surface area contributed by atoms with Crippen molar-refractivity contribution in [3.8, 4) is 0 Å². The van der Waals surface area contributed by atoms with Crippen molar-refractivity contribution in [2.75, 3.05) is 32.7 Å². The molecule has 1 aliphatic rings. The minimum atomic E-state index is -4.49. The lowest BCUT2D eigenvalue weighted by atomic mass is 10.2. The third-order valence-corrected chi connectivity index (χ3v) is 4.54. The van der Waals surface area contributed by atoms with Gasteiger partial charge in [0.05, 0.1) is 0 Å². The number of fused-ring (bicyclic) bond motifs is 1. The van der Waals surface area contributed by atoms with Crippen LogP contribution in [0.25, 0.3) is 5.65 Å². The minimum Gasteiger partial charge on any atom is -0.350 e. The van der Waals surface area contributed by atoms with E-state index in [1.807, 2.05) is 6.92 Å². The molecule has 1 atom stereocenters. The van der Waals surface area contributed by atoms with Gasteiger partial charge >= 0.3 is 6.18 Å². The van der Waals surface area contributed by atoms with Crippen LogP contribution in [0.15, 0.2) is 29.3 Å². The Balaban J connectivity index is 1.78. The number of carbonyl (C=O) groups is 1. The third-order valence-electron chi connectivity index (χ3n) is 4.54. The van der Waals surface area contributed by atoms with Gasteiger partial charge in [0, 0.05) is 45.1 Å². The maximum atomic E-state index is 13.4. The molecule has 0 aliphatic carbocycles. The molecule has 1 aliphatic heterocycles. The van der Waals surface area contributed by atoms with E-state index < -0.39 is 30.2 Å². The number of piperazine rings is 1. The van der Waals surface area contributed by atoms with Gasteiger partial charge in [-0.3, -0.25) is 18.9 Å². The molecule has 10 heteroatoms. The fraction of sp³-hybridized carbons (Fsp3) is 0.471. The Morgan fingerprint density at radius 2 is 2.07 bits per heavy atom. The molecule has 1 amide bonds. The summed E-state index contributed by atoms with van der Waals surface area (Å²) in [5, 5.41) is 5.24. The van der Waals surface area contributed by atoms with E-state index in [1.54, 1.807) is 12.1 Å². The van der Waals surface area contributed by atoms with Gasteiger partial charge in [-0.05, 0) is 24.6 Å². The molecule has 3 rings (SSSR count). The predicted octanol–water partition coefficient (Wildman–Crippen LogP) is 0.569. The number of nitrogens with zero attached hydrogens (tertiary/aromatic N) is 3. The van der Waals surface area contributed by atoms with Crippen molar-refractivity contribution in [2.24, 2.45) is 0 Å². The lowest BCUT2D eigenvalue weighted by Gasteiger charge is -2.35. The maximum absolute atomic E-state index is 13.4. The normalized spacial score (nSPS) is 17.0. The van der Waals surface area contributed by atoms with Crippen molar-refractivity contribution in [3.05, 3.63) is 46.0 Å². The first kappa shape index (κ1) is 19.3. The van der Waals surface area contributed by atoms with Crippen LogP contribution in [0.3, 0.4) is 0 Å². The molecule has 0 saturated carbocycles. The molecule has 27 heavy (non-hydrogen) atoms. The Bertz CT molecular complexity index is 890. The number of alkyl halides is 3. The first-order chi connectivity index (χ1) is 12.8. The average molecular weight is 383 g/mol. The fourth-order valence-corrected chi connectivity index (χ4v) is 3.06. The minimum absolute atomic E-state index is 0.236. The average Bonchev–Trinajstić information content (AvgIpc) is 2.61. The highest BCUT2D eigenvalue weighted by atomic mass is 19.4. The third kappa shape index (κ3) is 4.28. The van der Waals surface area contributed by atoms with Crippen LogP contribution >= 0.6 is 0 Å². The number of aryl methyl sites for hydroxylation is 1. The van der Waals surface area contributed by atoms with Crippen LogP contribution < -0.4 is 16.2 Å². The smallest absolute Gasteiger partial charge is 0.350 e. The van der Waals surface area contributed by atoms with Crippen LogP contribution in [0.5, 0.6) is 0 Å². The Hall–Kier alpha value is -2.46. The number of halogens is 3. The van der Waals surface area contributed by atoms with Crippen LogP contribution in [0.1, 0.15) is 15.9 Å². The maximum Gasteiger partial charge on any atom is 0.405 e. The van der Waals surface area contributed by atoms with Crippen LogP contribution in [0.2, 0.25) is 0 Å². The Morgan fingerprint density at radius 3 is 2.74 bits per heavy atom. The molecule has 7 nitrogen and oxygen atoms in total. The molecule has 3 heterocycles. The summed E-state index contributed by atoms with van der Waals surface area (Å²) in [5.41, 5.74) is 0.342. The summed E-state index contributed by atoms with van der Waals surface area (Å²) in [4.78, 5) is 30.1. The van der Waals surface area contributed by atoms with Gasteiger partial charge < -0.3 is 10.6 Å². The molecule has 0 aromatic carbocycles. The van der Waals surface area contributed by atoms with Crippen LogP contribution in [-0.4, -0.2) is 65.1 Å². The molecule has 146 valence electrons. The topological polar surface area (TPSA) is 78.7 Å². The van der Waals surface area contributed by atoms with E-state index in [4.69, 9.17) is 0 Å². The number of aromatic nitrogens is 2. The van der Waals surface area contributed by atoms with Crippen LogP contribution in [0, 0.1) is 6.92 Å². The number of hydrogen-bond acceptors (Lipinski definition) is 5. The predicted molar refractivity (Wildman–Crippen MR) is 92.8 cm³/mol. The monoisotopic (exact) mass is 383 g/mol. The lowest BCUT2D eigenvalue weighted by molar-refractivity contribution is -0.183. The molecular formula is C17H20F3N5O2. The summed E-state index contributed by atoms with van der Waals surface area (Å²) < 4.78 is 41.4. The molecule has 1 saturated heterocycles. The molecular weight excluding hydrogens is 363 g/mol. The number of amides is 1. The molecule has 0 spiro atoms. The van der Waals surface area contributed by atoms with Crippen molar-refractivity contribution in [1.29, 1.82) is 0 Å². The van der Waals surface area contributed by atoms with Gasteiger partial charge in [0.2, 0.25) is 0 Å². The van der Waals surface area contributed by atoms with Gasteiger partial charge in [-0.15, -0.1) is 0 Å². The van der Waals surface area contributed by atoms with E-state index in [0.29, 0.717) is 18.7 Å². The van der Waals surface area contributed by atoms with Crippen LogP contribution in [0.4, 0.5) is 13.2 Å². The zero-order valence-corrected chi connectivity index (χ0v) is 14.7. The van der Waals surface area contributed by atoms with Gasteiger partial charge in [-0.1, -0.05) is 0 Å². The molecule has 1 fully saturated rings. The van der Waals surface area contributed by atoms with E-state index in [9.17, 15) is 22.8 Å². The van der Waals surface area contributed by atoms with Crippen LogP contribution in [-0.2, 0) is 0 Å². The second kappa shape index (κ2) is 7.65. The lowest BCUT2D eigenvalue weighted by Crippen LogP contribution is -2.57. The molecule has 1 unspecified atom stereocenters. The first-order valence-corrected chi connectivity index (χ1v) is 8.55. The summed E-state index contributed by atoms with van der Waals surface area (Å²) in [6, 6.07) is 1.55. The standard InChI is InChI=1S/C17H20F3N5O2/c1-11-2-5-25-14(8-11)22-9-12(16(25)27)15(26)23-10-13(17(18,19)20)24-6-3-21-4-7-24/h2,5,8-9,13,21H,3-4,6-7,10H2,1H3,(H,23,26). The van der Waals surface area contributed by atoms with E-state index in [0.717, 1.165) is 11.8 Å². The van der Waals surface area contributed by atoms with E-state index >= 15 is 0 Å². The summed E-state index contributed by atoms with van der Waals surface area (Å²) in [6.07, 6.45) is -1.91. The summed E-state index contributed by atoms with van der Waals surface area (Å²) in [6.45, 7) is 2.59. The zero-order chi connectivity index (χ0) is 19.6. The quantitative estimate of drug-likeness (QED) is 0.807. The number of hydrogen-bond donors (Lipinski definition) is 2. The van der Waals surface area contributed by atoms with Gasteiger partial charge in [0.1, 0.15) is 17.3 Å². The summed E-state index contributed by atoms with van der Waals surface area (Å²) in [5.74, 6) is -0.869. The van der Waals surface area contributed by atoms with Crippen molar-refractivity contribution in [2.45, 2.75) is 19.1 Å². The molecule has 0 bridgehead atoms. The van der Waals surface area contributed by atoms with E-state index in [-0.39, 0.29) is 18.7 Å². The molecule has 2 aromatic rings. The van der Waals surface area contributed by atoms with Crippen molar-refractivity contribution >= 4 is 11.6 Å². The van der Waals surface area contributed by atoms with Gasteiger partial charge in [0.15, 0.2) is 0 Å². The van der Waals surface area contributed by atoms with Crippen molar-refractivity contribution in [1.82, 2.24) is 24.9 Å². The Kier molecular flexibility index (Phi) is 5.47. The molecule has 2 N–H and O–H groups in total. The van der Waals surface area contributed by atoms with E-state index in [2.05, 4.69) is 15.6 Å². The second-order valence-electron chi connectivity index (χ2n) is 6.46. The highest BCUT2D eigenvalue weighted by molar-refractivity contribution is 5.93. The fourth-order valence-electron chi connectivity index (χ4n) is 3.06. The largest absolute Gasteiger partial charge is 0.405 e. The molecule has 2 aromatic heterocycles. The first-order valence-electron chi connectivity index (χ1n) is 8.55. The molecule has 0 radical (unpaired) electrons. The number of nitrogens with one attached hydrogen (secondary N) is 2. The number of pyridine rings is 1. The SMILES string of the molecule is Cc1ccn2c(=O)c(C(=O)NCC(N3CCNCC3)C(F)(F)F)cnc2c1. The summed E-state index contributed by atoms with van der Waals surface area (Å²) >= 11 is 0. The second-order valence-corrected chi connectivity index (χ2v) is 6.46. The van der Waals surface area contributed by atoms with Gasteiger partial charge in [0.25, 0.3) is 11.5 Å². The number of rotatable bonds is 4. The van der Waals surface area contributed by atoms with Gasteiger partial charge in [-0.2, -0.15) is 13.2 Å². The highest BCUT2D eigenvalue weighted by Gasteiger charge is 2.43. The highest BCUT2D eigenvalue weighted by Crippen LogP contribution is 2.24. The zero-order valence-electron chi connectivity index (χ0n) is 14.7. The summed E-state index contributed by atoms with van der Waals surface area (Å²) in [7, 11) is 0. The number of carbonyl (C=O) groups excluding carboxylic acids is 1. The van der Waals surface area contributed by atoms with Crippen molar-refractivity contribution in [3.63, 3.8) is 0 Å². The van der Waals surface area contributed by atoms with Gasteiger partial charge in [-0.25, -0.2) is 4.98 Å². The Morgan fingerprint density at radius 1 is 1.37 bits per heavy atom. The Labute approximate surface area is 153 Å². The van der Waals surface area contributed by atoms with E-state index in [1.165, 1.54) is 15.5 Å².